The molecule has 5 rings (SSSR count). The molecule has 2 aliphatic heterocycles. The van der Waals surface area contributed by atoms with Crippen LogP contribution in [0.2, 0.25) is 10.0 Å². The third-order valence-corrected chi connectivity index (χ3v) is 7.04. The molecule has 5 nitrogen and oxygen atoms in total. The Morgan fingerprint density at radius 3 is 2.90 bits per heavy atom. The molecule has 7 heteroatoms. The van der Waals surface area contributed by atoms with Crippen LogP contribution in [0.4, 0.5) is 5.69 Å². The minimum Gasteiger partial charge on any atom is -0.506 e. The Bertz CT molecular complexity index is 1050. The highest BCUT2D eigenvalue weighted by atomic mass is 35.5. The molecule has 31 heavy (non-hydrogen) atoms. The molecule has 3 aliphatic rings. The van der Waals surface area contributed by atoms with Crippen LogP contribution in [0.15, 0.2) is 42.5 Å². The standard InChI is InChI=1S/C24H24Cl2N2O3/c25-14-10-19(23(29)20(26)11-14)22-17-5-1-4-16(17)18-9-13(6-7-21(18)28-22)24(30)27-12-15-3-2-8-31-15/h1,4,6-7,9-11,15-17,22,28-29H,2-3,5,8,12H2,(H,27,30). The second-order valence-electron chi connectivity index (χ2n) is 8.45. The maximum Gasteiger partial charge on any atom is 0.251 e. The van der Waals surface area contributed by atoms with Crippen LogP contribution in [0.25, 0.3) is 0 Å². The van der Waals surface area contributed by atoms with Crippen molar-refractivity contribution >= 4 is 34.8 Å². The SMILES string of the molecule is O=C(NCC1CCCO1)c1ccc2c(c1)C1C=CCC1C(c1cc(Cl)cc(Cl)c1O)N2. The summed E-state index contributed by atoms with van der Waals surface area (Å²) in [6, 6.07) is 8.93. The van der Waals surface area contributed by atoms with Gasteiger partial charge in [-0.3, -0.25) is 4.79 Å². The number of hydrogen-bond donors (Lipinski definition) is 3. The zero-order valence-corrected chi connectivity index (χ0v) is 18.4. The highest BCUT2D eigenvalue weighted by Gasteiger charge is 2.39. The van der Waals surface area contributed by atoms with E-state index in [9.17, 15) is 9.90 Å². The maximum atomic E-state index is 12.7. The van der Waals surface area contributed by atoms with Gasteiger partial charge in [-0.05, 0) is 61.1 Å². The number of allylic oxidation sites excluding steroid dienone is 2. The molecule has 4 unspecified atom stereocenters. The summed E-state index contributed by atoms with van der Waals surface area (Å²) in [4.78, 5) is 12.7. The Morgan fingerprint density at radius 1 is 1.23 bits per heavy atom. The third-order valence-electron chi connectivity index (χ3n) is 6.53. The third kappa shape index (κ3) is 3.91. The summed E-state index contributed by atoms with van der Waals surface area (Å²) >= 11 is 12.4. The predicted molar refractivity (Wildman–Crippen MR) is 122 cm³/mol. The van der Waals surface area contributed by atoms with Crippen molar-refractivity contribution in [1.82, 2.24) is 5.32 Å². The predicted octanol–water partition coefficient (Wildman–Crippen LogP) is 5.43. The second-order valence-corrected chi connectivity index (χ2v) is 9.29. The van der Waals surface area contributed by atoms with Gasteiger partial charge in [0.2, 0.25) is 0 Å². The number of carbonyl (C=O) groups excluding carboxylic acids is 1. The molecule has 1 aliphatic carbocycles. The molecule has 2 aromatic carbocycles. The summed E-state index contributed by atoms with van der Waals surface area (Å²) in [6.07, 6.45) is 7.37. The normalized spacial score (nSPS) is 26.3. The lowest BCUT2D eigenvalue weighted by molar-refractivity contribution is 0.0857. The second kappa shape index (κ2) is 8.38. The quantitative estimate of drug-likeness (QED) is 0.533. The number of halogens is 2. The lowest BCUT2D eigenvalue weighted by atomic mass is 9.76. The van der Waals surface area contributed by atoms with E-state index in [4.69, 9.17) is 27.9 Å². The number of nitrogens with one attached hydrogen (secondary N) is 2. The minimum absolute atomic E-state index is 0.0581. The molecule has 1 fully saturated rings. The molecule has 0 spiro atoms. The smallest absolute Gasteiger partial charge is 0.251 e. The van der Waals surface area contributed by atoms with Crippen LogP contribution in [0.1, 0.15) is 52.7 Å². The Balaban J connectivity index is 1.42. The molecule has 0 radical (unpaired) electrons. The number of amides is 1. The van der Waals surface area contributed by atoms with E-state index in [0.29, 0.717) is 22.7 Å². The van der Waals surface area contributed by atoms with Gasteiger partial charge in [-0.25, -0.2) is 0 Å². The monoisotopic (exact) mass is 458 g/mol. The molecule has 1 amide bonds. The van der Waals surface area contributed by atoms with Crippen LogP contribution < -0.4 is 10.6 Å². The average molecular weight is 459 g/mol. The van der Waals surface area contributed by atoms with Crippen molar-refractivity contribution in [2.45, 2.75) is 37.3 Å². The molecular weight excluding hydrogens is 435 g/mol. The van der Waals surface area contributed by atoms with Crippen molar-refractivity contribution < 1.29 is 14.6 Å². The summed E-state index contributed by atoms with van der Waals surface area (Å²) in [6.45, 7) is 1.31. The first-order valence-electron chi connectivity index (χ1n) is 10.7. The largest absolute Gasteiger partial charge is 0.506 e. The van der Waals surface area contributed by atoms with Crippen molar-refractivity contribution in [3.8, 4) is 5.75 Å². The van der Waals surface area contributed by atoms with Crippen LogP contribution >= 0.6 is 23.2 Å². The van der Waals surface area contributed by atoms with Gasteiger partial charge in [0.25, 0.3) is 5.91 Å². The molecule has 4 atom stereocenters. The van der Waals surface area contributed by atoms with Gasteiger partial charge in [-0.15, -0.1) is 0 Å². The first-order valence-corrected chi connectivity index (χ1v) is 11.4. The number of aromatic hydroxyl groups is 1. The molecule has 0 bridgehead atoms. The van der Waals surface area contributed by atoms with Gasteiger partial charge in [0.05, 0.1) is 17.2 Å². The first kappa shape index (κ1) is 20.7. The van der Waals surface area contributed by atoms with E-state index < -0.39 is 0 Å². The molecule has 162 valence electrons. The summed E-state index contributed by atoms with van der Waals surface area (Å²) < 4.78 is 5.59. The van der Waals surface area contributed by atoms with Crippen LogP contribution in [-0.4, -0.2) is 30.3 Å². The molecule has 2 heterocycles. The van der Waals surface area contributed by atoms with E-state index in [1.165, 1.54) is 0 Å². The van der Waals surface area contributed by atoms with Crippen LogP contribution in [-0.2, 0) is 4.74 Å². The van der Waals surface area contributed by atoms with Gasteiger partial charge < -0.3 is 20.5 Å². The fourth-order valence-corrected chi connectivity index (χ4v) is 5.49. The first-order chi connectivity index (χ1) is 15.0. The lowest BCUT2D eigenvalue weighted by Gasteiger charge is -2.38. The zero-order chi connectivity index (χ0) is 21.5. The number of anilines is 1. The van der Waals surface area contributed by atoms with Gasteiger partial charge in [-0.2, -0.15) is 0 Å². The van der Waals surface area contributed by atoms with E-state index in [1.54, 1.807) is 12.1 Å². The summed E-state index contributed by atoms with van der Waals surface area (Å²) in [5.74, 6) is 0.309. The van der Waals surface area contributed by atoms with Crippen molar-refractivity contribution in [1.29, 1.82) is 0 Å². The van der Waals surface area contributed by atoms with Crippen molar-refractivity contribution in [2.75, 3.05) is 18.5 Å². The van der Waals surface area contributed by atoms with Gasteiger partial charge >= 0.3 is 0 Å². The summed E-state index contributed by atoms with van der Waals surface area (Å²) in [7, 11) is 0. The zero-order valence-electron chi connectivity index (χ0n) is 16.9. The number of phenolic OH excluding ortho intramolecular Hbond substituents is 1. The fourth-order valence-electron chi connectivity index (χ4n) is 4.98. The van der Waals surface area contributed by atoms with Crippen LogP contribution in [0.5, 0.6) is 5.75 Å². The molecule has 0 saturated carbocycles. The number of ether oxygens (including phenoxy) is 1. The fraction of sp³-hybridized carbons (Fsp3) is 0.375. The number of phenols is 1. The number of fused-ring (bicyclic) bond motifs is 3. The van der Waals surface area contributed by atoms with Crippen LogP contribution in [0, 0.1) is 5.92 Å². The van der Waals surface area contributed by atoms with Gasteiger partial charge in [0.1, 0.15) is 5.75 Å². The Kier molecular flexibility index (Phi) is 5.59. The number of rotatable bonds is 4. The Morgan fingerprint density at radius 2 is 2.10 bits per heavy atom. The van der Waals surface area contributed by atoms with Crippen molar-refractivity contribution in [2.24, 2.45) is 5.92 Å². The van der Waals surface area contributed by atoms with Crippen molar-refractivity contribution in [3.63, 3.8) is 0 Å². The van der Waals surface area contributed by atoms with E-state index in [2.05, 4.69) is 22.8 Å². The molecule has 3 N–H and O–H groups in total. The molecular formula is C24H24Cl2N2O3. The van der Waals surface area contributed by atoms with Crippen molar-refractivity contribution in [3.05, 3.63) is 69.2 Å². The van der Waals surface area contributed by atoms with E-state index >= 15 is 0 Å². The molecule has 2 aromatic rings. The average Bonchev–Trinajstić information content (AvgIpc) is 3.46. The highest BCUT2D eigenvalue weighted by molar-refractivity contribution is 6.35. The highest BCUT2D eigenvalue weighted by Crippen LogP contribution is 2.52. The number of carbonyl (C=O) groups is 1. The topological polar surface area (TPSA) is 70.6 Å². The van der Waals surface area contributed by atoms with E-state index in [-0.39, 0.29) is 40.7 Å². The maximum absolute atomic E-state index is 12.7. The molecule has 0 aromatic heterocycles. The van der Waals surface area contributed by atoms with Gasteiger partial charge in [-0.1, -0.05) is 35.4 Å². The van der Waals surface area contributed by atoms with E-state index in [0.717, 1.165) is 37.1 Å². The molecule has 1 saturated heterocycles. The number of benzene rings is 2. The number of hydrogen-bond acceptors (Lipinski definition) is 4. The lowest BCUT2D eigenvalue weighted by Crippen LogP contribution is -2.32. The Labute approximate surface area is 191 Å². The van der Waals surface area contributed by atoms with Crippen LogP contribution in [0.3, 0.4) is 0 Å². The summed E-state index contributed by atoms with van der Waals surface area (Å²) in [5, 5.41) is 17.9. The summed E-state index contributed by atoms with van der Waals surface area (Å²) in [5.41, 5.74) is 3.38. The van der Waals surface area contributed by atoms with E-state index in [1.807, 2.05) is 18.2 Å². The van der Waals surface area contributed by atoms with Gasteiger partial charge in [0, 0.05) is 40.9 Å². The van der Waals surface area contributed by atoms with Gasteiger partial charge in [0.15, 0.2) is 0 Å². The minimum atomic E-state index is -0.136. The Hall–Kier alpha value is -2.21.